The summed E-state index contributed by atoms with van der Waals surface area (Å²) in [5.74, 6) is 0. The van der Waals surface area contributed by atoms with Crippen molar-refractivity contribution in [2.24, 2.45) is 0 Å². The predicted molar refractivity (Wildman–Crippen MR) is 67.6 cm³/mol. The normalized spacial score (nSPS) is 18.6. The first kappa shape index (κ1) is 17.1. The summed E-state index contributed by atoms with van der Waals surface area (Å²) in [5.41, 5.74) is 0. The van der Waals surface area contributed by atoms with Gasteiger partial charge in [-0.15, -0.1) is 0 Å². The molecule has 1 aliphatic heterocycles. The zero-order chi connectivity index (χ0) is 14.0. The molecule has 0 bridgehead atoms. The minimum absolute atomic E-state index is 0.139. The van der Waals surface area contributed by atoms with E-state index in [1.54, 1.807) is 0 Å². The Morgan fingerprint density at radius 1 is 1.33 bits per heavy atom. The van der Waals surface area contributed by atoms with Crippen LogP contribution in [0.5, 0.6) is 0 Å². The lowest BCUT2D eigenvalue weighted by atomic mass is 10.3. The van der Waals surface area contributed by atoms with Gasteiger partial charge in [0.25, 0.3) is 0 Å². The van der Waals surface area contributed by atoms with Gasteiger partial charge in [0.05, 0.1) is 0 Å². The van der Waals surface area contributed by atoms with Gasteiger partial charge in [0.15, 0.2) is 0 Å². The van der Waals surface area contributed by atoms with E-state index in [0.717, 1.165) is 12.5 Å². The molecule has 1 rings (SSSR count). The second kappa shape index (κ2) is 9.07. The van der Waals surface area contributed by atoms with E-state index < -0.39 is 14.7 Å². The lowest BCUT2D eigenvalue weighted by Crippen LogP contribution is -2.39. The molecule has 1 fully saturated rings. The van der Waals surface area contributed by atoms with Crippen LogP contribution in [0.2, 0.25) is 12.6 Å². The second-order valence-corrected chi connectivity index (χ2v) is 7.18. The third-order valence-corrected chi connectivity index (χ3v) is 5.47. The fourth-order valence-corrected chi connectivity index (χ4v) is 4.17. The Bertz CT molecular complexity index is 242. The molecule has 0 spiro atoms. The van der Waals surface area contributed by atoms with E-state index in [9.17, 15) is 4.79 Å². The molecular weight excluding hydrogens is 256 g/mol. The van der Waals surface area contributed by atoms with Gasteiger partial charge in [-0.2, -0.15) is 0 Å². The van der Waals surface area contributed by atoms with Gasteiger partial charge >= 0.3 is 14.7 Å². The van der Waals surface area contributed by atoms with Crippen LogP contribution in [0.15, 0.2) is 0 Å². The minimum Gasteiger partial charge on any atom is -0.430 e. The highest BCUT2D eigenvalue weighted by Gasteiger charge is 2.34. The topological polar surface area (TPSA) is 71.1 Å². The van der Waals surface area contributed by atoms with Crippen LogP contribution < -0.4 is 0 Å². The monoisotopic (exact) mass is 278 g/mol. The van der Waals surface area contributed by atoms with Crippen LogP contribution in [0.4, 0.5) is 4.79 Å². The Hall–Kier alpha value is -0.923. The van der Waals surface area contributed by atoms with Crippen molar-refractivity contribution in [3.63, 3.8) is 0 Å². The number of carbonyl (C=O) groups excluding carboxylic acids is 2. The largest absolute Gasteiger partial charge is 0.508 e. The molecule has 6 nitrogen and oxygen atoms in total. The molecule has 1 heterocycles. The van der Waals surface area contributed by atoms with E-state index >= 15 is 0 Å². The van der Waals surface area contributed by atoms with Crippen LogP contribution in [0.25, 0.3) is 0 Å². The van der Waals surface area contributed by atoms with Gasteiger partial charge in [-0.05, 0) is 32.9 Å². The van der Waals surface area contributed by atoms with Crippen molar-refractivity contribution in [2.75, 3.05) is 19.8 Å². The van der Waals surface area contributed by atoms with E-state index in [1.807, 2.05) is 27.2 Å². The zero-order valence-electron chi connectivity index (χ0n) is 11.3. The average Bonchev–Trinajstić information content (AvgIpc) is 2.76. The highest BCUT2D eigenvalue weighted by atomic mass is 28.4. The molecule has 1 saturated heterocycles. The van der Waals surface area contributed by atoms with Crippen molar-refractivity contribution in [3.05, 3.63) is 0 Å². The SMILES string of the molecule is C=O.CCO[Si](C)(CCC1COC(=O)O1)OCC. The van der Waals surface area contributed by atoms with Crippen LogP contribution >= 0.6 is 0 Å². The summed E-state index contributed by atoms with van der Waals surface area (Å²) in [7, 11) is -2.09. The Kier molecular flexibility index (Phi) is 8.60. The summed E-state index contributed by atoms with van der Waals surface area (Å²) < 4.78 is 21.1. The van der Waals surface area contributed by atoms with Gasteiger partial charge < -0.3 is 23.1 Å². The number of cyclic esters (lactones) is 2. The van der Waals surface area contributed by atoms with E-state index in [2.05, 4.69) is 0 Å². The van der Waals surface area contributed by atoms with Crippen molar-refractivity contribution in [1.82, 2.24) is 0 Å². The summed E-state index contributed by atoms with van der Waals surface area (Å²) in [6.07, 6.45) is 0.0375. The second-order valence-electron chi connectivity index (χ2n) is 3.84. The van der Waals surface area contributed by atoms with Crippen molar-refractivity contribution < 1.29 is 27.9 Å². The summed E-state index contributed by atoms with van der Waals surface area (Å²) in [4.78, 5) is 18.7. The average molecular weight is 278 g/mol. The fourth-order valence-electron chi connectivity index (χ4n) is 1.73. The molecule has 0 N–H and O–H groups in total. The highest BCUT2D eigenvalue weighted by molar-refractivity contribution is 6.66. The van der Waals surface area contributed by atoms with Crippen molar-refractivity contribution in [2.45, 2.75) is 39.0 Å². The zero-order valence-corrected chi connectivity index (χ0v) is 12.3. The van der Waals surface area contributed by atoms with Crippen LogP contribution in [-0.2, 0) is 23.1 Å². The molecule has 7 heteroatoms. The molecule has 0 saturated carbocycles. The maximum Gasteiger partial charge on any atom is 0.508 e. The van der Waals surface area contributed by atoms with Crippen LogP contribution in [0.3, 0.4) is 0 Å². The Morgan fingerprint density at radius 2 is 1.89 bits per heavy atom. The lowest BCUT2D eigenvalue weighted by Gasteiger charge is -2.26. The van der Waals surface area contributed by atoms with Crippen LogP contribution in [0.1, 0.15) is 20.3 Å². The number of carbonyl (C=O) groups is 2. The molecule has 0 amide bonds. The summed E-state index contributed by atoms with van der Waals surface area (Å²) in [6, 6.07) is 0.815. The summed E-state index contributed by atoms with van der Waals surface area (Å²) in [5, 5.41) is 0. The van der Waals surface area contributed by atoms with E-state index in [0.29, 0.717) is 19.8 Å². The molecule has 0 radical (unpaired) electrons. The number of rotatable bonds is 7. The first-order valence-electron chi connectivity index (χ1n) is 6.00. The van der Waals surface area contributed by atoms with E-state index in [-0.39, 0.29) is 6.10 Å². The highest BCUT2D eigenvalue weighted by Crippen LogP contribution is 2.20. The molecule has 0 aliphatic carbocycles. The molecular formula is C11H22O6Si. The summed E-state index contributed by atoms with van der Waals surface area (Å²) >= 11 is 0. The molecule has 0 aromatic rings. The maximum absolute atomic E-state index is 10.7. The number of hydrogen-bond donors (Lipinski definition) is 0. The molecule has 0 aromatic carbocycles. The Balaban J connectivity index is 0.00000137. The van der Waals surface area contributed by atoms with Gasteiger partial charge in [0.2, 0.25) is 0 Å². The van der Waals surface area contributed by atoms with Crippen molar-refractivity contribution in [3.8, 4) is 0 Å². The van der Waals surface area contributed by atoms with Crippen molar-refractivity contribution in [1.29, 1.82) is 0 Å². The predicted octanol–water partition coefficient (Wildman–Crippen LogP) is 1.87. The van der Waals surface area contributed by atoms with Crippen molar-refractivity contribution >= 4 is 21.5 Å². The molecule has 0 aromatic heterocycles. The quantitative estimate of drug-likeness (QED) is 0.523. The number of hydrogen-bond acceptors (Lipinski definition) is 6. The van der Waals surface area contributed by atoms with Gasteiger partial charge in [0.1, 0.15) is 19.5 Å². The molecule has 1 atom stereocenters. The van der Waals surface area contributed by atoms with Crippen LogP contribution in [-0.4, -0.2) is 47.4 Å². The molecule has 1 unspecified atom stereocenters. The smallest absolute Gasteiger partial charge is 0.430 e. The fraction of sp³-hybridized carbons (Fsp3) is 0.818. The molecule has 1 aliphatic rings. The van der Waals surface area contributed by atoms with E-state index in [1.165, 1.54) is 0 Å². The van der Waals surface area contributed by atoms with Crippen LogP contribution in [0, 0.1) is 0 Å². The van der Waals surface area contributed by atoms with Gasteiger partial charge in [-0.3, -0.25) is 0 Å². The first-order chi connectivity index (χ1) is 8.59. The number of ether oxygens (including phenoxy) is 2. The van der Waals surface area contributed by atoms with Gasteiger partial charge in [-0.1, -0.05) is 0 Å². The van der Waals surface area contributed by atoms with Gasteiger partial charge in [-0.25, -0.2) is 4.79 Å². The lowest BCUT2D eigenvalue weighted by molar-refractivity contribution is -0.0980. The Morgan fingerprint density at radius 3 is 2.28 bits per heavy atom. The first-order valence-corrected chi connectivity index (χ1v) is 8.52. The minimum atomic E-state index is -2.09. The maximum atomic E-state index is 10.7. The molecule has 106 valence electrons. The molecule has 18 heavy (non-hydrogen) atoms. The third-order valence-electron chi connectivity index (χ3n) is 2.47. The Labute approximate surface area is 109 Å². The standard InChI is InChI=1S/C10H20O5Si.CH2O/c1-4-13-16(3,14-5-2)7-6-9-8-12-10(11)15-9;1-2/h9H,4-8H2,1-3H3;1H2. The van der Waals surface area contributed by atoms with E-state index in [4.69, 9.17) is 23.1 Å². The summed E-state index contributed by atoms with van der Waals surface area (Å²) in [6.45, 7) is 9.62. The third kappa shape index (κ3) is 6.13. The van der Waals surface area contributed by atoms with Gasteiger partial charge in [0, 0.05) is 13.2 Å².